The van der Waals surface area contributed by atoms with E-state index < -0.39 is 0 Å². The van der Waals surface area contributed by atoms with Crippen molar-refractivity contribution in [2.45, 2.75) is 18.4 Å². The molecule has 0 aliphatic rings. The Labute approximate surface area is 105 Å². The Morgan fingerprint density at radius 3 is 2.53 bits per heavy atom. The monoisotopic (exact) mass is 246 g/mol. The van der Waals surface area contributed by atoms with Gasteiger partial charge in [-0.2, -0.15) is 5.10 Å². The highest BCUT2D eigenvalue weighted by Crippen LogP contribution is 2.22. The Balaban J connectivity index is 2.38. The molecule has 1 heterocycles. The molecule has 0 bridgehead atoms. The van der Waals surface area contributed by atoms with Gasteiger partial charge in [0.25, 0.3) is 0 Å². The minimum absolute atomic E-state index is 0.622. The van der Waals surface area contributed by atoms with Crippen molar-refractivity contribution in [1.82, 2.24) is 9.78 Å². The second-order valence-electron chi connectivity index (χ2n) is 3.62. The third kappa shape index (κ3) is 2.42. The summed E-state index contributed by atoms with van der Waals surface area (Å²) in [6.07, 6.45) is 2.89. The third-order valence-corrected chi connectivity index (χ3v) is 3.36. The van der Waals surface area contributed by atoms with Gasteiger partial charge >= 0.3 is 0 Å². The molecule has 0 saturated heterocycles. The summed E-state index contributed by atoms with van der Waals surface area (Å²) < 4.78 is 1.71. The van der Waals surface area contributed by atoms with E-state index in [0.717, 1.165) is 17.5 Å². The zero-order chi connectivity index (χ0) is 12.3. The molecule has 0 atom stereocenters. The summed E-state index contributed by atoms with van der Waals surface area (Å²) in [5.41, 5.74) is 2.51. The number of hydrogen-bond donors (Lipinski definition) is 0. The van der Waals surface area contributed by atoms with E-state index in [2.05, 4.69) is 17.2 Å². The summed E-state index contributed by atoms with van der Waals surface area (Å²) in [4.78, 5) is 12.1. The molecule has 2 aromatic rings. The third-order valence-electron chi connectivity index (χ3n) is 2.62. The maximum absolute atomic E-state index is 10.9. The van der Waals surface area contributed by atoms with Crippen molar-refractivity contribution in [2.75, 3.05) is 6.26 Å². The quantitative estimate of drug-likeness (QED) is 0.614. The van der Waals surface area contributed by atoms with Crippen LogP contribution >= 0.6 is 11.8 Å². The molecular weight excluding hydrogens is 232 g/mol. The second-order valence-corrected chi connectivity index (χ2v) is 4.50. The first-order valence-corrected chi connectivity index (χ1v) is 6.68. The van der Waals surface area contributed by atoms with Crippen LogP contribution in [0.1, 0.15) is 17.4 Å². The zero-order valence-electron chi connectivity index (χ0n) is 9.88. The van der Waals surface area contributed by atoms with Crippen LogP contribution in [0.3, 0.4) is 0 Å². The van der Waals surface area contributed by atoms with E-state index in [4.69, 9.17) is 0 Å². The summed E-state index contributed by atoms with van der Waals surface area (Å²) in [5.74, 6) is 0. The Bertz CT molecular complexity index is 517. The van der Waals surface area contributed by atoms with Crippen LogP contribution in [-0.2, 0) is 6.54 Å². The topological polar surface area (TPSA) is 34.9 Å². The number of aldehydes is 1. The van der Waals surface area contributed by atoms with Crippen LogP contribution in [0.15, 0.2) is 35.2 Å². The number of rotatable bonds is 4. The molecule has 0 amide bonds. The maximum atomic E-state index is 10.9. The van der Waals surface area contributed by atoms with Crippen LogP contribution < -0.4 is 0 Å². The number of carbonyl (C=O) groups excluding carboxylic acids is 1. The number of aryl methyl sites for hydroxylation is 1. The molecule has 1 aromatic carbocycles. The molecule has 3 nitrogen and oxygen atoms in total. The van der Waals surface area contributed by atoms with Crippen molar-refractivity contribution in [2.24, 2.45) is 0 Å². The Hall–Kier alpha value is -1.55. The van der Waals surface area contributed by atoms with Crippen molar-refractivity contribution >= 4 is 18.0 Å². The molecule has 88 valence electrons. The summed E-state index contributed by atoms with van der Waals surface area (Å²) in [6.45, 7) is 2.68. The molecule has 0 spiro atoms. The first-order valence-electron chi connectivity index (χ1n) is 5.46. The SMILES string of the molecule is CCn1nc(-c2ccc(SC)cc2)cc1C=O. The van der Waals surface area contributed by atoms with Gasteiger partial charge in [-0.05, 0) is 31.4 Å². The minimum atomic E-state index is 0.622. The van der Waals surface area contributed by atoms with Gasteiger partial charge in [0.05, 0.1) is 5.69 Å². The predicted molar refractivity (Wildman–Crippen MR) is 70.5 cm³/mol. The Morgan fingerprint density at radius 1 is 1.35 bits per heavy atom. The van der Waals surface area contributed by atoms with Crippen LogP contribution in [0, 0.1) is 0 Å². The van der Waals surface area contributed by atoms with Crippen molar-refractivity contribution in [3.05, 3.63) is 36.0 Å². The van der Waals surface area contributed by atoms with Crippen molar-refractivity contribution in [3.8, 4) is 11.3 Å². The Kier molecular flexibility index (Phi) is 3.64. The second kappa shape index (κ2) is 5.19. The van der Waals surface area contributed by atoms with E-state index in [1.165, 1.54) is 4.90 Å². The number of hydrogen-bond acceptors (Lipinski definition) is 3. The summed E-state index contributed by atoms with van der Waals surface area (Å²) in [5, 5.41) is 4.40. The van der Waals surface area contributed by atoms with Crippen molar-refractivity contribution in [3.63, 3.8) is 0 Å². The van der Waals surface area contributed by atoms with E-state index >= 15 is 0 Å². The molecule has 0 N–H and O–H groups in total. The van der Waals surface area contributed by atoms with Gasteiger partial charge in [0.15, 0.2) is 6.29 Å². The first-order chi connectivity index (χ1) is 8.28. The fourth-order valence-electron chi connectivity index (χ4n) is 1.68. The maximum Gasteiger partial charge on any atom is 0.168 e. The van der Waals surface area contributed by atoms with E-state index in [-0.39, 0.29) is 0 Å². The molecular formula is C13H14N2OS. The van der Waals surface area contributed by atoms with Crippen LogP contribution in [0.5, 0.6) is 0 Å². The minimum Gasteiger partial charge on any atom is -0.296 e. The van der Waals surface area contributed by atoms with Crippen LogP contribution in [0.2, 0.25) is 0 Å². The van der Waals surface area contributed by atoms with Gasteiger partial charge in [-0.3, -0.25) is 9.48 Å². The molecule has 4 heteroatoms. The standard InChI is InChI=1S/C13H14N2OS/c1-3-15-11(9-16)8-13(14-15)10-4-6-12(17-2)7-5-10/h4-9H,3H2,1-2H3. The van der Waals surface area contributed by atoms with Gasteiger partial charge in [-0.1, -0.05) is 12.1 Å². The Morgan fingerprint density at radius 2 is 2.06 bits per heavy atom. The molecule has 0 saturated carbocycles. The van der Waals surface area contributed by atoms with Gasteiger partial charge in [0.2, 0.25) is 0 Å². The van der Waals surface area contributed by atoms with Gasteiger partial charge < -0.3 is 0 Å². The highest BCUT2D eigenvalue weighted by Gasteiger charge is 2.07. The number of nitrogens with zero attached hydrogens (tertiary/aromatic N) is 2. The highest BCUT2D eigenvalue weighted by atomic mass is 32.2. The molecule has 0 fully saturated rings. The molecule has 0 aliphatic heterocycles. The smallest absolute Gasteiger partial charge is 0.168 e. The number of aromatic nitrogens is 2. The zero-order valence-corrected chi connectivity index (χ0v) is 10.7. The predicted octanol–water partition coefficient (Wildman–Crippen LogP) is 3.10. The first kappa shape index (κ1) is 11.9. The van der Waals surface area contributed by atoms with E-state index in [1.54, 1.807) is 16.4 Å². The molecule has 0 unspecified atom stereocenters. The number of benzene rings is 1. The largest absolute Gasteiger partial charge is 0.296 e. The van der Waals surface area contributed by atoms with Crippen molar-refractivity contribution < 1.29 is 4.79 Å². The van der Waals surface area contributed by atoms with E-state index in [9.17, 15) is 4.79 Å². The van der Waals surface area contributed by atoms with Gasteiger partial charge in [0.1, 0.15) is 5.69 Å². The van der Waals surface area contributed by atoms with E-state index in [0.29, 0.717) is 12.2 Å². The van der Waals surface area contributed by atoms with Crippen LogP contribution in [-0.4, -0.2) is 22.3 Å². The molecule has 0 radical (unpaired) electrons. The molecule has 2 rings (SSSR count). The fraction of sp³-hybridized carbons (Fsp3) is 0.231. The van der Waals surface area contributed by atoms with Crippen LogP contribution in [0.25, 0.3) is 11.3 Å². The highest BCUT2D eigenvalue weighted by molar-refractivity contribution is 7.98. The summed E-state index contributed by atoms with van der Waals surface area (Å²) in [7, 11) is 0. The van der Waals surface area contributed by atoms with Gasteiger partial charge in [0, 0.05) is 17.0 Å². The van der Waals surface area contributed by atoms with Gasteiger partial charge in [-0.25, -0.2) is 0 Å². The van der Waals surface area contributed by atoms with Crippen LogP contribution in [0.4, 0.5) is 0 Å². The van der Waals surface area contributed by atoms with E-state index in [1.807, 2.05) is 31.4 Å². The lowest BCUT2D eigenvalue weighted by atomic mass is 10.1. The lowest BCUT2D eigenvalue weighted by molar-refractivity contribution is 0.111. The normalized spacial score (nSPS) is 10.5. The molecule has 1 aromatic heterocycles. The number of thioether (sulfide) groups is 1. The average molecular weight is 246 g/mol. The average Bonchev–Trinajstić information content (AvgIpc) is 2.82. The number of carbonyl (C=O) groups is 1. The molecule has 0 aliphatic carbocycles. The lowest BCUT2D eigenvalue weighted by Gasteiger charge is -1.99. The van der Waals surface area contributed by atoms with Crippen molar-refractivity contribution in [1.29, 1.82) is 0 Å². The molecule has 17 heavy (non-hydrogen) atoms. The summed E-state index contributed by atoms with van der Waals surface area (Å²) in [6, 6.07) is 10.0. The summed E-state index contributed by atoms with van der Waals surface area (Å²) >= 11 is 1.71. The lowest BCUT2D eigenvalue weighted by Crippen LogP contribution is -2.00. The van der Waals surface area contributed by atoms with Gasteiger partial charge in [-0.15, -0.1) is 11.8 Å². The fourth-order valence-corrected chi connectivity index (χ4v) is 2.09.